The standard InChI is InChI=1S/C7H5F2NO2/c8-3-1-2-4(9)6(10)5(3)7(11)12/h1-2H,10H2,(H,11,12). The van der Waals surface area contributed by atoms with Gasteiger partial charge >= 0.3 is 5.97 Å². The van der Waals surface area contributed by atoms with Crippen molar-refractivity contribution in [2.45, 2.75) is 0 Å². The van der Waals surface area contributed by atoms with E-state index in [2.05, 4.69) is 0 Å². The van der Waals surface area contributed by atoms with Crippen molar-refractivity contribution >= 4 is 11.7 Å². The first-order valence-corrected chi connectivity index (χ1v) is 3.01. The number of carboxylic acid groups (broad SMARTS) is 1. The Kier molecular flexibility index (Phi) is 1.95. The molecule has 0 spiro atoms. The number of nitrogen functional groups attached to an aromatic ring is 1. The van der Waals surface area contributed by atoms with Crippen molar-refractivity contribution in [2.75, 3.05) is 5.73 Å². The van der Waals surface area contributed by atoms with Crippen LogP contribution in [-0.2, 0) is 0 Å². The third-order valence-corrected chi connectivity index (χ3v) is 1.36. The van der Waals surface area contributed by atoms with Crippen molar-refractivity contribution < 1.29 is 18.7 Å². The summed E-state index contributed by atoms with van der Waals surface area (Å²) in [5, 5.41) is 8.38. The summed E-state index contributed by atoms with van der Waals surface area (Å²) in [6.07, 6.45) is 0. The van der Waals surface area contributed by atoms with Crippen LogP contribution in [0.15, 0.2) is 12.1 Å². The highest BCUT2D eigenvalue weighted by atomic mass is 19.1. The second kappa shape index (κ2) is 2.77. The zero-order valence-electron chi connectivity index (χ0n) is 5.84. The number of anilines is 1. The minimum absolute atomic E-state index is 0.678. The smallest absolute Gasteiger partial charge is 0.340 e. The van der Waals surface area contributed by atoms with Gasteiger partial charge in [0.25, 0.3) is 0 Å². The van der Waals surface area contributed by atoms with Gasteiger partial charge in [0.1, 0.15) is 17.2 Å². The van der Waals surface area contributed by atoms with E-state index in [-0.39, 0.29) is 0 Å². The number of hydrogen-bond donors (Lipinski definition) is 2. The first-order valence-electron chi connectivity index (χ1n) is 3.01. The monoisotopic (exact) mass is 173 g/mol. The molecule has 0 aliphatic rings. The molecule has 3 N–H and O–H groups in total. The number of carbonyl (C=O) groups is 1. The molecule has 1 aromatic rings. The minimum atomic E-state index is -1.58. The molecule has 0 atom stereocenters. The Hall–Kier alpha value is -1.65. The number of aromatic carboxylic acids is 1. The first kappa shape index (κ1) is 8.45. The molecule has 0 amide bonds. The maximum Gasteiger partial charge on any atom is 0.340 e. The molecule has 64 valence electrons. The predicted octanol–water partition coefficient (Wildman–Crippen LogP) is 1.25. The van der Waals surface area contributed by atoms with E-state index in [1.54, 1.807) is 0 Å². The van der Waals surface area contributed by atoms with E-state index < -0.39 is 28.9 Å². The fraction of sp³-hybridized carbons (Fsp3) is 0. The number of benzene rings is 1. The highest BCUT2D eigenvalue weighted by Crippen LogP contribution is 2.19. The highest BCUT2D eigenvalue weighted by molar-refractivity contribution is 5.93. The molecule has 0 bridgehead atoms. The Labute approximate surface area is 66.4 Å². The second-order valence-electron chi connectivity index (χ2n) is 2.12. The Bertz CT molecular complexity index is 338. The quantitative estimate of drug-likeness (QED) is 0.628. The summed E-state index contributed by atoms with van der Waals surface area (Å²) in [5.41, 5.74) is 3.49. The molecule has 5 heteroatoms. The van der Waals surface area contributed by atoms with Crippen molar-refractivity contribution in [1.29, 1.82) is 0 Å². The van der Waals surface area contributed by atoms with Crippen LogP contribution in [0.1, 0.15) is 10.4 Å². The Morgan fingerprint density at radius 1 is 1.33 bits per heavy atom. The number of hydrogen-bond acceptors (Lipinski definition) is 2. The van der Waals surface area contributed by atoms with Gasteiger partial charge in [0.05, 0.1) is 5.69 Å². The zero-order chi connectivity index (χ0) is 9.30. The molecule has 0 saturated heterocycles. The van der Waals surface area contributed by atoms with Crippen LogP contribution in [0.25, 0.3) is 0 Å². The summed E-state index contributed by atoms with van der Waals surface area (Å²) in [6.45, 7) is 0. The third-order valence-electron chi connectivity index (χ3n) is 1.36. The van der Waals surface area contributed by atoms with Crippen molar-refractivity contribution in [3.8, 4) is 0 Å². The molecule has 0 aliphatic heterocycles. The van der Waals surface area contributed by atoms with Crippen LogP contribution in [-0.4, -0.2) is 11.1 Å². The fourth-order valence-electron chi connectivity index (χ4n) is 0.785. The predicted molar refractivity (Wildman–Crippen MR) is 37.7 cm³/mol. The summed E-state index contributed by atoms with van der Waals surface area (Å²) in [5.74, 6) is -3.56. The van der Waals surface area contributed by atoms with Gasteiger partial charge in [-0.05, 0) is 12.1 Å². The summed E-state index contributed by atoms with van der Waals surface area (Å²) < 4.78 is 25.2. The van der Waals surface area contributed by atoms with Crippen LogP contribution in [0, 0.1) is 11.6 Å². The molecule has 1 rings (SSSR count). The van der Waals surface area contributed by atoms with Crippen molar-refractivity contribution in [2.24, 2.45) is 0 Å². The van der Waals surface area contributed by atoms with Crippen LogP contribution in [0.2, 0.25) is 0 Å². The number of rotatable bonds is 1. The lowest BCUT2D eigenvalue weighted by Crippen LogP contribution is -2.07. The van der Waals surface area contributed by atoms with Crippen LogP contribution in [0.5, 0.6) is 0 Å². The van der Waals surface area contributed by atoms with Crippen LogP contribution in [0.3, 0.4) is 0 Å². The third kappa shape index (κ3) is 1.20. The lowest BCUT2D eigenvalue weighted by Gasteiger charge is -2.01. The van der Waals surface area contributed by atoms with Crippen LogP contribution < -0.4 is 5.73 Å². The lowest BCUT2D eigenvalue weighted by molar-refractivity contribution is 0.0692. The number of nitrogens with two attached hydrogens (primary N) is 1. The van der Waals surface area contributed by atoms with Gasteiger partial charge in [-0.2, -0.15) is 0 Å². The van der Waals surface area contributed by atoms with E-state index >= 15 is 0 Å². The summed E-state index contributed by atoms with van der Waals surface area (Å²) >= 11 is 0. The molecule has 3 nitrogen and oxygen atoms in total. The van der Waals surface area contributed by atoms with Crippen molar-refractivity contribution in [1.82, 2.24) is 0 Å². The van der Waals surface area contributed by atoms with E-state index in [9.17, 15) is 13.6 Å². The Morgan fingerprint density at radius 3 is 2.25 bits per heavy atom. The average Bonchev–Trinajstić information content (AvgIpc) is 1.97. The maximum atomic E-state index is 12.7. The molecule has 1 aromatic carbocycles. The van der Waals surface area contributed by atoms with E-state index in [1.165, 1.54) is 0 Å². The van der Waals surface area contributed by atoms with E-state index in [0.717, 1.165) is 12.1 Å². The topological polar surface area (TPSA) is 63.3 Å². The highest BCUT2D eigenvalue weighted by Gasteiger charge is 2.16. The largest absolute Gasteiger partial charge is 0.478 e. The molecule has 0 saturated carbocycles. The van der Waals surface area contributed by atoms with Crippen LogP contribution >= 0.6 is 0 Å². The van der Waals surface area contributed by atoms with Gasteiger partial charge in [-0.3, -0.25) is 0 Å². The molecule has 0 fully saturated rings. The Balaban J connectivity index is 3.43. The number of carboxylic acids is 1. The lowest BCUT2D eigenvalue weighted by atomic mass is 10.1. The zero-order valence-corrected chi connectivity index (χ0v) is 5.84. The Morgan fingerprint density at radius 2 is 1.83 bits per heavy atom. The van der Waals surface area contributed by atoms with Crippen molar-refractivity contribution in [3.63, 3.8) is 0 Å². The first-order chi connectivity index (χ1) is 5.54. The molecule has 0 radical (unpaired) electrons. The molecule has 0 heterocycles. The van der Waals surface area contributed by atoms with E-state index in [0.29, 0.717) is 0 Å². The minimum Gasteiger partial charge on any atom is -0.478 e. The van der Waals surface area contributed by atoms with Gasteiger partial charge in [0.2, 0.25) is 0 Å². The molecule has 12 heavy (non-hydrogen) atoms. The van der Waals surface area contributed by atoms with Gasteiger partial charge in [0, 0.05) is 0 Å². The molecule has 0 aromatic heterocycles. The number of halogens is 2. The SMILES string of the molecule is Nc1c(F)ccc(F)c1C(=O)O. The maximum absolute atomic E-state index is 12.7. The normalized spacial score (nSPS) is 9.83. The average molecular weight is 173 g/mol. The summed E-state index contributed by atoms with van der Waals surface area (Å²) in [7, 11) is 0. The van der Waals surface area contributed by atoms with E-state index in [4.69, 9.17) is 10.8 Å². The fourth-order valence-corrected chi connectivity index (χ4v) is 0.785. The van der Waals surface area contributed by atoms with Crippen molar-refractivity contribution in [3.05, 3.63) is 29.3 Å². The van der Waals surface area contributed by atoms with Crippen LogP contribution in [0.4, 0.5) is 14.5 Å². The molecule has 0 unspecified atom stereocenters. The van der Waals surface area contributed by atoms with Gasteiger partial charge in [-0.25, -0.2) is 13.6 Å². The molecular weight excluding hydrogens is 168 g/mol. The molecule has 0 aliphatic carbocycles. The molecular formula is C7H5F2NO2. The van der Waals surface area contributed by atoms with E-state index in [1.807, 2.05) is 0 Å². The van der Waals surface area contributed by atoms with Gasteiger partial charge in [-0.1, -0.05) is 0 Å². The second-order valence-corrected chi connectivity index (χ2v) is 2.12. The van der Waals surface area contributed by atoms with Gasteiger partial charge in [0.15, 0.2) is 0 Å². The van der Waals surface area contributed by atoms with Gasteiger partial charge in [-0.15, -0.1) is 0 Å². The summed E-state index contributed by atoms with van der Waals surface area (Å²) in [6, 6.07) is 1.49. The van der Waals surface area contributed by atoms with Gasteiger partial charge < -0.3 is 10.8 Å². The summed E-state index contributed by atoms with van der Waals surface area (Å²) in [4.78, 5) is 10.3.